The van der Waals surface area contributed by atoms with E-state index in [0.29, 0.717) is 22.8 Å². The topological polar surface area (TPSA) is 85.6 Å². The Morgan fingerprint density at radius 1 is 1.14 bits per heavy atom. The summed E-state index contributed by atoms with van der Waals surface area (Å²) in [6.07, 6.45) is 1.68. The first-order valence-corrected chi connectivity index (χ1v) is 6.82. The second-order valence-corrected chi connectivity index (χ2v) is 5.23. The normalized spacial score (nSPS) is 19.8. The van der Waals surface area contributed by atoms with Gasteiger partial charge in [0.1, 0.15) is 5.54 Å². The van der Waals surface area contributed by atoms with Crippen molar-refractivity contribution in [3.63, 3.8) is 0 Å². The molecule has 4 rings (SSSR count). The average Bonchev–Trinajstić information content (AvgIpc) is 3.02. The summed E-state index contributed by atoms with van der Waals surface area (Å²) in [4.78, 5) is 17.0. The standard InChI is InChI=1S/C15H12N6O/c1-15(12-8-4-5-9-16-12)14-18-19-20-21(14)11-7-3-2-6-10(11)13(22)17-15/h2-9H,1H3,(H,17,22)/t15-/m1/s1. The number of benzene rings is 1. The monoisotopic (exact) mass is 292 g/mol. The third-order valence-electron chi connectivity index (χ3n) is 3.83. The summed E-state index contributed by atoms with van der Waals surface area (Å²) in [5, 5.41) is 15.0. The van der Waals surface area contributed by atoms with Crippen LogP contribution in [-0.2, 0) is 5.54 Å². The molecule has 108 valence electrons. The van der Waals surface area contributed by atoms with Crippen LogP contribution < -0.4 is 5.32 Å². The van der Waals surface area contributed by atoms with Crippen molar-refractivity contribution >= 4 is 5.91 Å². The van der Waals surface area contributed by atoms with Crippen LogP contribution >= 0.6 is 0 Å². The van der Waals surface area contributed by atoms with Crippen LogP contribution in [-0.4, -0.2) is 31.1 Å². The molecule has 0 saturated heterocycles. The quantitative estimate of drug-likeness (QED) is 0.725. The molecule has 0 fully saturated rings. The van der Waals surface area contributed by atoms with Gasteiger partial charge >= 0.3 is 0 Å². The van der Waals surface area contributed by atoms with Crippen molar-refractivity contribution < 1.29 is 4.79 Å². The van der Waals surface area contributed by atoms with Gasteiger partial charge in [-0.05, 0) is 41.6 Å². The van der Waals surface area contributed by atoms with Gasteiger partial charge in [0.2, 0.25) is 0 Å². The zero-order valence-corrected chi connectivity index (χ0v) is 11.8. The summed E-state index contributed by atoms with van der Waals surface area (Å²) in [6.45, 7) is 1.85. The largest absolute Gasteiger partial charge is 0.334 e. The number of hydrogen-bond donors (Lipinski definition) is 1. The van der Waals surface area contributed by atoms with E-state index in [1.54, 1.807) is 16.9 Å². The van der Waals surface area contributed by atoms with Gasteiger partial charge in [0.15, 0.2) is 5.82 Å². The van der Waals surface area contributed by atoms with Crippen LogP contribution in [0.4, 0.5) is 0 Å². The highest BCUT2D eigenvalue weighted by molar-refractivity contribution is 5.99. The number of aromatic nitrogens is 5. The fourth-order valence-electron chi connectivity index (χ4n) is 2.70. The van der Waals surface area contributed by atoms with Gasteiger partial charge in [-0.1, -0.05) is 18.2 Å². The lowest BCUT2D eigenvalue weighted by Gasteiger charge is -2.26. The van der Waals surface area contributed by atoms with Crippen LogP contribution in [0.15, 0.2) is 48.7 Å². The van der Waals surface area contributed by atoms with E-state index >= 15 is 0 Å². The average molecular weight is 292 g/mol. The lowest BCUT2D eigenvalue weighted by molar-refractivity contribution is 0.0918. The van der Waals surface area contributed by atoms with Gasteiger partial charge < -0.3 is 5.32 Å². The minimum Gasteiger partial charge on any atom is -0.334 e. The van der Waals surface area contributed by atoms with Crippen LogP contribution in [0, 0.1) is 0 Å². The van der Waals surface area contributed by atoms with Gasteiger partial charge in [0, 0.05) is 6.20 Å². The molecule has 1 amide bonds. The van der Waals surface area contributed by atoms with E-state index in [9.17, 15) is 4.79 Å². The third-order valence-corrected chi connectivity index (χ3v) is 3.83. The Morgan fingerprint density at radius 3 is 2.77 bits per heavy atom. The second kappa shape index (κ2) is 4.45. The number of pyridine rings is 1. The van der Waals surface area contributed by atoms with E-state index in [4.69, 9.17) is 0 Å². The number of hydrogen-bond acceptors (Lipinski definition) is 5. The molecule has 0 aliphatic carbocycles. The lowest BCUT2D eigenvalue weighted by atomic mass is 9.96. The zero-order valence-electron chi connectivity index (χ0n) is 11.8. The van der Waals surface area contributed by atoms with Crippen molar-refractivity contribution in [1.29, 1.82) is 0 Å². The molecule has 0 radical (unpaired) electrons. The number of tetrazole rings is 1. The molecular formula is C15H12N6O. The number of amides is 1. The van der Waals surface area contributed by atoms with Crippen molar-refractivity contribution in [3.05, 3.63) is 65.7 Å². The number of carbonyl (C=O) groups excluding carboxylic acids is 1. The molecule has 7 heteroatoms. The van der Waals surface area contributed by atoms with Gasteiger partial charge in [-0.2, -0.15) is 4.68 Å². The highest BCUT2D eigenvalue weighted by Gasteiger charge is 2.41. The van der Waals surface area contributed by atoms with Crippen molar-refractivity contribution in [2.24, 2.45) is 0 Å². The van der Waals surface area contributed by atoms with Crippen LogP contribution in [0.2, 0.25) is 0 Å². The van der Waals surface area contributed by atoms with Crippen molar-refractivity contribution in [3.8, 4) is 5.69 Å². The summed E-state index contributed by atoms with van der Waals surface area (Å²) < 4.78 is 1.59. The lowest BCUT2D eigenvalue weighted by Crippen LogP contribution is -2.45. The molecule has 1 aliphatic rings. The van der Waals surface area contributed by atoms with Gasteiger partial charge in [-0.3, -0.25) is 9.78 Å². The Morgan fingerprint density at radius 2 is 1.95 bits per heavy atom. The predicted octanol–water partition coefficient (Wildman–Crippen LogP) is 1.06. The Balaban J connectivity index is 2.01. The first-order valence-electron chi connectivity index (χ1n) is 6.82. The molecule has 3 aromatic rings. The summed E-state index contributed by atoms with van der Waals surface area (Å²) in [7, 11) is 0. The van der Waals surface area contributed by atoms with E-state index in [-0.39, 0.29) is 5.91 Å². The Hall–Kier alpha value is -3.09. The first-order chi connectivity index (χ1) is 10.7. The Kier molecular flexibility index (Phi) is 2.56. The van der Waals surface area contributed by atoms with E-state index < -0.39 is 5.54 Å². The number of nitrogens with zero attached hydrogens (tertiary/aromatic N) is 5. The Labute approximate surface area is 126 Å². The van der Waals surface area contributed by atoms with E-state index in [1.165, 1.54) is 0 Å². The van der Waals surface area contributed by atoms with Gasteiger partial charge in [-0.25, -0.2) is 0 Å². The summed E-state index contributed by atoms with van der Waals surface area (Å²) >= 11 is 0. The van der Waals surface area contributed by atoms with E-state index in [2.05, 4.69) is 25.8 Å². The van der Waals surface area contributed by atoms with Crippen LogP contribution in [0.5, 0.6) is 0 Å². The van der Waals surface area contributed by atoms with E-state index in [1.807, 2.05) is 43.3 Å². The minimum absolute atomic E-state index is 0.198. The summed E-state index contributed by atoms with van der Waals surface area (Å²) in [5.41, 5.74) is 0.934. The second-order valence-electron chi connectivity index (χ2n) is 5.23. The maximum absolute atomic E-state index is 12.6. The fraction of sp³-hybridized carbons (Fsp3) is 0.133. The number of para-hydroxylation sites is 1. The molecule has 7 nitrogen and oxygen atoms in total. The molecule has 0 unspecified atom stereocenters. The SMILES string of the molecule is C[C@]1(c2ccccn2)NC(=O)c2ccccc2-n2nnnc21. The number of carbonyl (C=O) groups is 1. The van der Waals surface area contributed by atoms with Gasteiger partial charge in [0.25, 0.3) is 5.91 Å². The minimum atomic E-state index is -0.916. The maximum atomic E-state index is 12.6. The van der Waals surface area contributed by atoms with Crippen molar-refractivity contribution in [2.45, 2.75) is 12.5 Å². The molecule has 1 atom stereocenters. The molecule has 0 saturated carbocycles. The highest BCUT2D eigenvalue weighted by atomic mass is 16.2. The molecule has 1 N–H and O–H groups in total. The number of rotatable bonds is 1. The third kappa shape index (κ3) is 1.65. The highest BCUT2D eigenvalue weighted by Crippen LogP contribution is 2.31. The number of fused-ring (bicyclic) bond motifs is 3. The van der Waals surface area contributed by atoms with Gasteiger partial charge in [-0.15, -0.1) is 5.10 Å². The molecule has 3 heterocycles. The fourth-order valence-corrected chi connectivity index (χ4v) is 2.70. The number of nitrogens with one attached hydrogen (secondary N) is 1. The summed E-state index contributed by atoms with van der Waals surface area (Å²) in [6, 6.07) is 12.8. The smallest absolute Gasteiger partial charge is 0.254 e. The molecule has 22 heavy (non-hydrogen) atoms. The van der Waals surface area contributed by atoms with Crippen LogP contribution in [0.3, 0.4) is 0 Å². The molecule has 1 aromatic carbocycles. The molecule has 1 aliphatic heterocycles. The molecular weight excluding hydrogens is 280 g/mol. The summed E-state index contributed by atoms with van der Waals surface area (Å²) in [5.74, 6) is 0.320. The van der Waals surface area contributed by atoms with Crippen molar-refractivity contribution in [2.75, 3.05) is 0 Å². The molecule has 2 aromatic heterocycles. The first kappa shape index (κ1) is 12.6. The van der Waals surface area contributed by atoms with Crippen LogP contribution in [0.25, 0.3) is 5.69 Å². The van der Waals surface area contributed by atoms with Crippen molar-refractivity contribution in [1.82, 2.24) is 30.5 Å². The predicted molar refractivity (Wildman–Crippen MR) is 77.3 cm³/mol. The zero-order chi connectivity index (χ0) is 15.2. The maximum Gasteiger partial charge on any atom is 0.254 e. The van der Waals surface area contributed by atoms with Gasteiger partial charge in [0.05, 0.1) is 16.9 Å². The molecule has 0 bridgehead atoms. The Bertz CT molecular complexity index is 859. The van der Waals surface area contributed by atoms with E-state index in [0.717, 1.165) is 0 Å². The molecule has 0 spiro atoms. The van der Waals surface area contributed by atoms with Crippen LogP contribution in [0.1, 0.15) is 28.8 Å².